The molecule has 0 aromatic carbocycles. The van der Waals surface area contributed by atoms with Crippen LogP contribution in [-0.4, -0.2) is 19.0 Å². The number of amides is 1. The number of anilines is 1. The first kappa shape index (κ1) is 11.1. The van der Waals surface area contributed by atoms with Crippen LogP contribution in [0.15, 0.2) is 11.4 Å². The maximum absolute atomic E-state index is 11.5. The molecular weight excluding hydrogens is 222 g/mol. The van der Waals surface area contributed by atoms with E-state index in [9.17, 15) is 4.79 Å². The van der Waals surface area contributed by atoms with Crippen molar-refractivity contribution in [1.29, 1.82) is 5.26 Å². The van der Waals surface area contributed by atoms with Gasteiger partial charge in [-0.3, -0.25) is 4.79 Å². The second-order valence-corrected chi connectivity index (χ2v) is 4.81. The second kappa shape index (κ2) is 5.10. The molecule has 1 amide bonds. The number of nitriles is 1. The third-order valence-electron chi connectivity index (χ3n) is 2.45. The summed E-state index contributed by atoms with van der Waals surface area (Å²) in [6.45, 7) is 1.24. The predicted molar refractivity (Wildman–Crippen MR) is 63.3 cm³/mol. The molecule has 0 aliphatic heterocycles. The monoisotopic (exact) mass is 235 g/mol. The number of rotatable bonds is 5. The number of nitrogens with one attached hydrogen (secondary N) is 2. The molecule has 0 bridgehead atoms. The van der Waals surface area contributed by atoms with Gasteiger partial charge >= 0.3 is 0 Å². The average molecular weight is 235 g/mol. The number of nitrogens with zero attached hydrogens (tertiary/aromatic N) is 1. The van der Waals surface area contributed by atoms with Gasteiger partial charge in [-0.1, -0.05) is 0 Å². The number of thiophene rings is 1. The third kappa shape index (κ3) is 3.05. The van der Waals surface area contributed by atoms with Crippen molar-refractivity contribution in [3.63, 3.8) is 0 Å². The second-order valence-electron chi connectivity index (χ2n) is 3.90. The highest BCUT2D eigenvalue weighted by Crippen LogP contribution is 2.27. The van der Waals surface area contributed by atoms with Crippen molar-refractivity contribution in [2.45, 2.75) is 12.8 Å². The minimum atomic E-state index is -0.0837. The standard InChI is InChI=1S/C11H13N3OS/c12-5-9-3-4-16-11(9)14-10(15)7-13-6-8-1-2-8/h3-4,8,13H,1-2,6-7H2,(H,14,15). The Morgan fingerprint density at radius 2 is 2.44 bits per heavy atom. The lowest BCUT2D eigenvalue weighted by Gasteiger charge is -2.04. The molecule has 0 spiro atoms. The van der Waals surface area contributed by atoms with Gasteiger partial charge in [-0.05, 0) is 36.8 Å². The molecule has 1 heterocycles. The normalized spacial score (nSPS) is 14.4. The molecule has 1 aromatic rings. The minimum Gasteiger partial charge on any atom is -0.315 e. The van der Waals surface area contributed by atoms with Crippen molar-refractivity contribution in [3.8, 4) is 6.07 Å². The van der Waals surface area contributed by atoms with Crippen LogP contribution in [0.4, 0.5) is 5.00 Å². The summed E-state index contributed by atoms with van der Waals surface area (Å²) < 4.78 is 0. The van der Waals surface area contributed by atoms with E-state index in [1.165, 1.54) is 24.2 Å². The van der Waals surface area contributed by atoms with Gasteiger partial charge in [0.1, 0.15) is 11.1 Å². The Morgan fingerprint density at radius 1 is 1.62 bits per heavy atom. The van der Waals surface area contributed by atoms with E-state index in [0.717, 1.165) is 12.5 Å². The van der Waals surface area contributed by atoms with Gasteiger partial charge in [-0.15, -0.1) is 11.3 Å². The summed E-state index contributed by atoms with van der Waals surface area (Å²) in [7, 11) is 0. The van der Waals surface area contributed by atoms with Crippen molar-refractivity contribution in [2.24, 2.45) is 5.92 Å². The van der Waals surface area contributed by atoms with Gasteiger partial charge in [0.2, 0.25) is 5.91 Å². The molecule has 1 saturated carbocycles. The predicted octanol–water partition coefficient (Wildman–Crippen LogP) is 1.56. The van der Waals surface area contributed by atoms with Gasteiger partial charge in [-0.25, -0.2) is 0 Å². The van der Waals surface area contributed by atoms with Crippen molar-refractivity contribution in [1.82, 2.24) is 5.32 Å². The lowest BCUT2D eigenvalue weighted by Crippen LogP contribution is -2.29. The van der Waals surface area contributed by atoms with E-state index in [2.05, 4.69) is 10.6 Å². The zero-order valence-corrected chi connectivity index (χ0v) is 9.64. The molecule has 0 unspecified atom stereocenters. The number of carbonyl (C=O) groups is 1. The van der Waals surface area contributed by atoms with Crippen molar-refractivity contribution < 1.29 is 4.79 Å². The molecule has 1 aliphatic rings. The van der Waals surface area contributed by atoms with Crippen molar-refractivity contribution in [3.05, 3.63) is 17.0 Å². The number of hydrogen-bond acceptors (Lipinski definition) is 4. The summed E-state index contributed by atoms with van der Waals surface area (Å²) in [5, 5.41) is 17.0. The molecule has 0 saturated heterocycles. The van der Waals surface area contributed by atoms with Gasteiger partial charge in [0.25, 0.3) is 0 Å². The molecule has 16 heavy (non-hydrogen) atoms. The number of hydrogen-bond donors (Lipinski definition) is 2. The first-order chi connectivity index (χ1) is 7.79. The lowest BCUT2D eigenvalue weighted by molar-refractivity contribution is -0.115. The maximum atomic E-state index is 11.5. The quantitative estimate of drug-likeness (QED) is 0.814. The average Bonchev–Trinajstić information content (AvgIpc) is 2.98. The molecule has 2 rings (SSSR count). The van der Waals surface area contributed by atoms with Crippen molar-refractivity contribution in [2.75, 3.05) is 18.4 Å². The van der Waals surface area contributed by atoms with Crippen LogP contribution in [0, 0.1) is 17.2 Å². The van der Waals surface area contributed by atoms with E-state index >= 15 is 0 Å². The molecule has 1 aliphatic carbocycles. The van der Waals surface area contributed by atoms with E-state index in [1.807, 2.05) is 6.07 Å². The number of carbonyl (C=O) groups excluding carboxylic acids is 1. The summed E-state index contributed by atoms with van der Waals surface area (Å²) in [4.78, 5) is 11.5. The summed E-state index contributed by atoms with van der Waals surface area (Å²) in [5.41, 5.74) is 0.528. The van der Waals surface area contributed by atoms with Gasteiger partial charge in [-0.2, -0.15) is 5.26 Å². The zero-order chi connectivity index (χ0) is 11.4. The Morgan fingerprint density at radius 3 is 3.12 bits per heavy atom. The Hall–Kier alpha value is -1.38. The maximum Gasteiger partial charge on any atom is 0.238 e. The highest BCUT2D eigenvalue weighted by molar-refractivity contribution is 7.14. The van der Waals surface area contributed by atoms with Gasteiger partial charge in [0.05, 0.1) is 12.1 Å². The largest absolute Gasteiger partial charge is 0.315 e. The van der Waals surface area contributed by atoms with Crippen LogP contribution in [0.25, 0.3) is 0 Å². The highest BCUT2D eigenvalue weighted by Gasteiger charge is 2.20. The van der Waals surface area contributed by atoms with E-state index in [4.69, 9.17) is 5.26 Å². The SMILES string of the molecule is N#Cc1ccsc1NC(=O)CNCC1CC1. The van der Waals surface area contributed by atoms with Gasteiger partial charge in [0.15, 0.2) is 0 Å². The van der Waals surface area contributed by atoms with E-state index in [-0.39, 0.29) is 5.91 Å². The first-order valence-corrected chi connectivity index (χ1v) is 6.15. The van der Waals surface area contributed by atoms with Gasteiger partial charge in [0, 0.05) is 0 Å². The summed E-state index contributed by atoms with van der Waals surface area (Å²) in [6, 6.07) is 3.75. The molecule has 0 atom stereocenters. The van der Waals surface area contributed by atoms with Crippen LogP contribution in [-0.2, 0) is 4.79 Å². The highest BCUT2D eigenvalue weighted by atomic mass is 32.1. The summed E-state index contributed by atoms with van der Waals surface area (Å²) >= 11 is 1.37. The Labute approximate surface area is 98.3 Å². The van der Waals surface area contributed by atoms with Crippen LogP contribution >= 0.6 is 11.3 Å². The van der Waals surface area contributed by atoms with Crippen LogP contribution < -0.4 is 10.6 Å². The van der Waals surface area contributed by atoms with Crippen LogP contribution in [0.3, 0.4) is 0 Å². The molecule has 4 nitrogen and oxygen atoms in total. The molecule has 84 valence electrons. The Balaban J connectivity index is 1.75. The minimum absolute atomic E-state index is 0.0837. The fraction of sp³-hybridized carbons (Fsp3) is 0.455. The fourth-order valence-corrected chi connectivity index (χ4v) is 2.13. The summed E-state index contributed by atoms with van der Waals surface area (Å²) in [5.74, 6) is 0.684. The van der Waals surface area contributed by atoms with Crippen LogP contribution in [0.1, 0.15) is 18.4 Å². The molecular formula is C11H13N3OS. The zero-order valence-electron chi connectivity index (χ0n) is 8.82. The molecule has 5 heteroatoms. The van der Waals surface area contributed by atoms with Crippen molar-refractivity contribution >= 4 is 22.2 Å². The first-order valence-electron chi connectivity index (χ1n) is 5.27. The molecule has 2 N–H and O–H groups in total. The molecule has 1 fully saturated rings. The lowest BCUT2D eigenvalue weighted by atomic mass is 10.3. The molecule has 1 aromatic heterocycles. The third-order valence-corrected chi connectivity index (χ3v) is 3.28. The summed E-state index contributed by atoms with van der Waals surface area (Å²) in [6.07, 6.45) is 2.55. The Kier molecular flexibility index (Phi) is 3.54. The van der Waals surface area contributed by atoms with E-state index in [1.54, 1.807) is 11.4 Å². The molecule has 0 radical (unpaired) electrons. The smallest absolute Gasteiger partial charge is 0.238 e. The van der Waals surface area contributed by atoms with Crippen LogP contribution in [0.2, 0.25) is 0 Å². The van der Waals surface area contributed by atoms with E-state index < -0.39 is 0 Å². The van der Waals surface area contributed by atoms with E-state index in [0.29, 0.717) is 17.1 Å². The fourth-order valence-electron chi connectivity index (χ4n) is 1.38. The Bertz CT molecular complexity index is 417. The van der Waals surface area contributed by atoms with Gasteiger partial charge < -0.3 is 10.6 Å². The topological polar surface area (TPSA) is 64.9 Å². The van der Waals surface area contributed by atoms with Crippen LogP contribution in [0.5, 0.6) is 0 Å².